The van der Waals surface area contributed by atoms with Gasteiger partial charge in [-0.3, -0.25) is 4.79 Å². The van der Waals surface area contributed by atoms with Crippen LogP contribution in [-0.4, -0.2) is 21.6 Å². The van der Waals surface area contributed by atoms with Crippen LogP contribution in [0.2, 0.25) is 0 Å². The summed E-state index contributed by atoms with van der Waals surface area (Å²) in [7, 11) is 0. The number of nitrogens with one attached hydrogen (secondary N) is 1. The smallest absolute Gasteiger partial charge is 0.416 e. The zero-order valence-corrected chi connectivity index (χ0v) is 16.5. The molecule has 1 amide bonds. The molecule has 1 aliphatic rings. The molecule has 31 heavy (non-hydrogen) atoms. The highest BCUT2D eigenvalue weighted by atomic mass is 19.4. The fourth-order valence-electron chi connectivity index (χ4n) is 3.75. The van der Waals surface area contributed by atoms with E-state index in [0.29, 0.717) is 5.56 Å². The second-order valence-corrected chi connectivity index (χ2v) is 7.28. The van der Waals surface area contributed by atoms with Gasteiger partial charge in [0.1, 0.15) is 0 Å². The van der Waals surface area contributed by atoms with E-state index in [4.69, 9.17) is 5.11 Å². The monoisotopic (exact) mass is 426 g/mol. The van der Waals surface area contributed by atoms with Gasteiger partial charge in [0.2, 0.25) is 0 Å². The average molecular weight is 426 g/mol. The second kappa shape index (κ2) is 7.16. The Hall–Kier alpha value is -3.81. The molecule has 0 atom stereocenters. The first kappa shape index (κ1) is 20.5. The second-order valence-electron chi connectivity index (χ2n) is 7.28. The molecular weight excluding hydrogens is 409 g/mol. The molecule has 2 heterocycles. The highest BCUT2D eigenvalue weighted by molar-refractivity contribution is 6.35. The van der Waals surface area contributed by atoms with Crippen LogP contribution in [0.25, 0.3) is 17.3 Å². The fraction of sp³-hybridized carbons (Fsp3) is 0.130. The number of aryl methyl sites for hydroxylation is 1. The summed E-state index contributed by atoms with van der Waals surface area (Å²) in [5.41, 5.74) is 3.33. The van der Waals surface area contributed by atoms with Gasteiger partial charge in [-0.25, -0.2) is 4.79 Å². The van der Waals surface area contributed by atoms with Crippen LogP contribution in [0.4, 0.5) is 18.9 Å². The van der Waals surface area contributed by atoms with Crippen LogP contribution in [0.15, 0.2) is 48.5 Å². The molecule has 0 saturated carbocycles. The highest BCUT2D eigenvalue weighted by Gasteiger charge is 2.33. The van der Waals surface area contributed by atoms with Crippen molar-refractivity contribution in [3.8, 4) is 5.69 Å². The molecule has 0 aliphatic carbocycles. The molecule has 0 unspecified atom stereocenters. The Morgan fingerprint density at radius 2 is 1.74 bits per heavy atom. The summed E-state index contributed by atoms with van der Waals surface area (Å²) >= 11 is 0. The fourth-order valence-corrected chi connectivity index (χ4v) is 3.75. The largest absolute Gasteiger partial charge is 0.478 e. The number of amides is 1. The molecule has 4 rings (SSSR count). The molecule has 0 bridgehead atoms. The summed E-state index contributed by atoms with van der Waals surface area (Å²) < 4.78 is 40.8. The molecule has 3 aromatic rings. The predicted octanol–water partition coefficient (Wildman–Crippen LogP) is 5.30. The van der Waals surface area contributed by atoms with E-state index in [-0.39, 0.29) is 16.8 Å². The zero-order valence-electron chi connectivity index (χ0n) is 16.5. The lowest BCUT2D eigenvalue weighted by Crippen LogP contribution is -2.06. The van der Waals surface area contributed by atoms with Crippen molar-refractivity contribution >= 4 is 29.2 Å². The summed E-state index contributed by atoms with van der Waals surface area (Å²) in [6.45, 7) is 3.73. The highest BCUT2D eigenvalue weighted by Crippen LogP contribution is 2.38. The molecule has 2 N–H and O–H groups in total. The summed E-state index contributed by atoms with van der Waals surface area (Å²) in [4.78, 5) is 23.5. The summed E-state index contributed by atoms with van der Waals surface area (Å²) in [5.74, 6) is -1.48. The van der Waals surface area contributed by atoms with Crippen LogP contribution in [0.3, 0.4) is 0 Å². The Labute approximate surface area is 175 Å². The Kier molecular flexibility index (Phi) is 4.72. The van der Waals surface area contributed by atoms with E-state index in [9.17, 15) is 22.8 Å². The molecule has 1 aliphatic heterocycles. The molecule has 1 aromatic heterocycles. The zero-order chi connectivity index (χ0) is 22.5. The lowest BCUT2D eigenvalue weighted by molar-refractivity contribution is -0.137. The topological polar surface area (TPSA) is 71.3 Å². The van der Waals surface area contributed by atoms with Gasteiger partial charge in [0.15, 0.2) is 0 Å². The summed E-state index contributed by atoms with van der Waals surface area (Å²) in [6, 6.07) is 11.4. The number of nitrogens with zero attached hydrogens (tertiary/aromatic N) is 1. The first-order chi connectivity index (χ1) is 14.6. The number of aromatic nitrogens is 1. The molecular formula is C23H17F3N2O3. The van der Waals surface area contributed by atoms with Crippen LogP contribution >= 0.6 is 0 Å². The average Bonchev–Trinajstić information content (AvgIpc) is 3.16. The van der Waals surface area contributed by atoms with Crippen LogP contribution < -0.4 is 5.32 Å². The number of rotatable bonds is 3. The molecule has 0 spiro atoms. The van der Waals surface area contributed by atoms with Crippen molar-refractivity contribution in [1.82, 2.24) is 4.57 Å². The van der Waals surface area contributed by atoms with Crippen LogP contribution in [0.1, 0.15) is 38.4 Å². The number of carbonyl (C=O) groups excluding carboxylic acids is 1. The van der Waals surface area contributed by atoms with Gasteiger partial charge in [0.05, 0.1) is 11.1 Å². The van der Waals surface area contributed by atoms with Crippen molar-refractivity contribution in [2.75, 3.05) is 5.32 Å². The number of benzene rings is 2. The maximum Gasteiger partial charge on any atom is 0.416 e. The van der Waals surface area contributed by atoms with Crippen LogP contribution in [0, 0.1) is 13.8 Å². The number of carboxylic acid groups (broad SMARTS) is 1. The van der Waals surface area contributed by atoms with Crippen LogP contribution in [0.5, 0.6) is 0 Å². The normalized spacial score (nSPS) is 14.6. The van der Waals surface area contributed by atoms with E-state index in [1.54, 1.807) is 18.2 Å². The number of hydrogen-bond acceptors (Lipinski definition) is 2. The van der Waals surface area contributed by atoms with Crippen molar-refractivity contribution in [2.24, 2.45) is 0 Å². The third-order valence-corrected chi connectivity index (χ3v) is 5.27. The molecule has 8 heteroatoms. The molecule has 158 valence electrons. The lowest BCUT2D eigenvalue weighted by atomic mass is 10.0. The lowest BCUT2D eigenvalue weighted by Gasteiger charge is -2.10. The Morgan fingerprint density at radius 3 is 2.35 bits per heavy atom. The number of anilines is 1. The quantitative estimate of drug-likeness (QED) is 0.558. The summed E-state index contributed by atoms with van der Waals surface area (Å²) in [6.07, 6.45) is -2.84. The number of hydrogen-bond donors (Lipinski definition) is 2. The molecule has 0 radical (unpaired) electrons. The number of alkyl halides is 3. The number of carboxylic acids is 1. The first-order valence-electron chi connectivity index (χ1n) is 9.33. The van der Waals surface area contributed by atoms with Crippen molar-refractivity contribution in [3.05, 3.63) is 82.2 Å². The Balaban J connectivity index is 1.75. The van der Waals surface area contributed by atoms with Crippen molar-refractivity contribution in [1.29, 1.82) is 0 Å². The van der Waals surface area contributed by atoms with Gasteiger partial charge in [-0.05, 0) is 68.0 Å². The van der Waals surface area contributed by atoms with Gasteiger partial charge in [0, 0.05) is 33.9 Å². The number of fused-ring (bicyclic) bond motifs is 1. The van der Waals surface area contributed by atoms with E-state index in [1.165, 1.54) is 18.2 Å². The number of aromatic carboxylic acids is 1. The maximum absolute atomic E-state index is 13.0. The van der Waals surface area contributed by atoms with Gasteiger partial charge < -0.3 is 15.0 Å². The van der Waals surface area contributed by atoms with E-state index in [1.807, 2.05) is 24.5 Å². The summed E-state index contributed by atoms with van der Waals surface area (Å²) in [5, 5.41) is 11.6. The Morgan fingerprint density at radius 1 is 1.06 bits per heavy atom. The van der Waals surface area contributed by atoms with E-state index in [0.717, 1.165) is 34.8 Å². The number of carbonyl (C=O) groups is 2. The first-order valence-corrected chi connectivity index (χ1v) is 9.33. The third-order valence-electron chi connectivity index (χ3n) is 5.27. The SMILES string of the molecule is Cc1cc(/C=C2/C(=O)Nc3cc(C(F)(F)F)ccc32)c(C)n1-c1ccc(C(=O)O)cc1. The molecule has 0 fully saturated rings. The predicted molar refractivity (Wildman–Crippen MR) is 110 cm³/mol. The van der Waals surface area contributed by atoms with Crippen molar-refractivity contribution in [2.45, 2.75) is 20.0 Å². The minimum Gasteiger partial charge on any atom is -0.478 e. The van der Waals surface area contributed by atoms with Gasteiger partial charge >= 0.3 is 12.1 Å². The van der Waals surface area contributed by atoms with E-state index >= 15 is 0 Å². The van der Waals surface area contributed by atoms with Crippen molar-refractivity contribution in [3.63, 3.8) is 0 Å². The maximum atomic E-state index is 13.0. The number of halogens is 3. The molecule has 5 nitrogen and oxygen atoms in total. The van der Waals surface area contributed by atoms with Gasteiger partial charge in [0.25, 0.3) is 5.91 Å². The standard InChI is InChI=1S/C23H17F3N2O3/c1-12-9-15(13(2)28(12)17-6-3-14(4-7-17)22(30)31)10-19-18-8-5-16(23(24,25)26)11-20(18)27-21(19)29/h3-11H,1-2H3,(H,27,29)(H,30,31)/b19-10+. The minimum atomic E-state index is -4.49. The van der Waals surface area contributed by atoms with E-state index < -0.39 is 23.6 Å². The minimum absolute atomic E-state index is 0.129. The van der Waals surface area contributed by atoms with Crippen molar-refractivity contribution < 1.29 is 27.9 Å². The Bertz CT molecular complexity index is 1250. The third kappa shape index (κ3) is 3.61. The van der Waals surface area contributed by atoms with Gasteiger partial charge in [-0.1, -0.05) is 6.07 Å². The molecule has 0 saturated heterocycles. The molecule has 2 aromatic carbocycles. The van der Waals surface area contributed by atoms with Crippen LogP contribution in [-0.2, 0) is 11.0 Å². The van der Waals surface area contributed by atoms with Gasteiger partial charge in [-0.2, -0.15) is 13.2 Å². The van der Waals surface area contributed by atoms with E-state index in [2.05, 4.69) is 5.32 Å². The van der Waals surface area contributed by atoms with Gasteiger partial charge in [-0.15, -0.1) is 0 Å².